The van der Waals surface area contributed by atoms with Crippen molar-refractivity contribution in [2.45, 2.75) is 25.1 Å². The smallest absolute Gasteiger partial charge is 0.261 e. The number of aliphatic hydroxyl groups excluding tert-OH is 1. The first-order valence-corrected chi connectivity index (χ1v) is 10.0. The van der Waals surface area contributed by atoms with Gasteiger partial charge in [-0.05, 0) is 23.9 Å². The summed E-state index contributed by atoms with van der Waals surface area (Å²) >= 11 is 3.07. The van der Waals surface area contributed by atoms with Crippen LogP contribution >= 0.6 is 22.7 Å². The van der Waals surface area contributed by atoms with Crippen LogP contribution in [-0.4, -0.2) is 46.1 Å². The molecule has 1 fully saturated rings. The number of rotatable bonds is 4. The number of hydrogen-bond donors (Lipinski definition) is 2. The highest BCUT2D eigenvalue weighted by atomic mass is 32.1. The number of carbonyl (C=O) groups excluding carboxylic acids is 1. The summed E-state index contributed by atoms with van der Waals surface area (Å²) in [4.78, 5) is 19.7. The lowest BCUT2D eigenvalue weighted by atomic mass is 10.0. The summed E-state index contributed by atoms with van der Waals surface area (Å²) in [5.41, 5.74) is 2.86. The molecule has 2 atom stereocenters. The van der Waals surface area contributed by atoms with E-state index in [0.717, 1.165) is 35.3 Å². The summed E-state index contributed by atoms with van der Waals surface area (Å²) < 4.78 is 1.10. The Labute approximate surface area is 153 Å². The summed E-state index contributed by atoms with van der Waals surface area (Å²) in [7, 11) is 0. The fourth-order valence-electron chi connectivity index (χ4n) is 3.19. The largest absolute Gasteiger partial charge is 0.390 e. The third-order valence-electron chi connectivity index (χ3n) is 4.50. The van der Waals surface area contributed by atoms with Crippen LogP contribution in [0.25, 0.3) is 10.1 Å². The van der Waals surface area contributed by atoms with Gasteiger partial charge in [-0.25, -0.2) is 4.98 Å². The van der Waals surface area contributed by atoms with Crippen molar-refractivity contribution in [2.75, 3.05) is 13.1 Å². The van der Waals surface area contributed by atoms with Crippen molar-refractivity contribution in [3.63, 3.8) is 0 Å². The number of β-amino-alcohol motifs (C(OH)–C–C–N with tert-alkyl or cyclic N) is 1. The highest BCUT2D eigenvalue weighted by Crippen LogP contribution is 2.25. The van der Waals surface area contributed by atoms with Gasteiger partial charge in [0.2, 0.25) is 0 Å². The molecule has 0 saturated carbocycles. The molecule has 1 aliphatic heterocycles. The number of likely N-dealkylation sites (tertiary alicyclic amines) is 1. The van der Waals surface area contributed by atoms with Gasteiger partial charge < -0.3 is 10.4 Å². The standard InChI is InChI=1S/C18H19N3O2S2/c22-15-9-21(8-13-10-24-11-19-13)6-5-14(15)20-18(23)17-7-12-3-1-2-4-16(12)25-17/h1-4,7,10-11,14-15,22H,5-6,8-9H2,(H,20,23)/t14-,15-/m1/s1. The van der Waals surface area contributed by atoms with E-state index in [1.807, 2.05) is 41.2 Å². The van der Waals surface area contributed by atoms with Gasteiger partial charge >= 0.3 is 0 Å². The molecule has 0 unspecified atom stereocenters. The van der Waals surface area contributed by atoms with Crippen molar-refractivity contribution in [1.29, 1.82) is 0 Å². The van der Waals surface area contributed by atoms with Gasteiger partial charge in [-0.3, -0.25) is 9.69 Å². The molecule has 0 radical (unpaired) electrons. The van der Waals surface area contributed by atoms with Gasteiger partial charge in [0.15, 0.2) is 0 Å². The second-order valence-electron chi connectivity index (χ2n) is 6.30. The van der Waals surface area contributed by atoms with Gasteiger partial charge in [-0.2, -0.15) is 0 Å². The lowest BCUT2D eigenvalue weighted by Crippen LogP contribution is -2.53. The summed E-state index contributed by atoms with van der Waals surface area (Å²) in [5.74, 6) is -0.0989. The minimum atomic E-state index is -0.564. The van der Waals surface area contributed by atoms with E-state index in [0.29, 0.717) is 11.4 Å². The molecule has 1 aromatic carbocycles. The van der Waals surface area contributed by atoms with Crippen molar-refractivity contribution in [3.05, 3.63) is 51.8 Å². The number of nitrogens with zero attached hydrogens (tertiary/aromatic N) is 2. The molecular formula is C18H19N3O2S2. The Bertz CT molecular complexity index is 829. The zero-order valence-electron chi connectivity index (χ0n) is 13.6. The fraction of sp³-hybridized carbons (Fsp3) is 0.333. The van der Waals surface area contributed by atoms with Crippen LogP contribution in [0, 0.1) is 0 Å². The first-order chi connectivity index (χ1) is 12.2. The third kappa shape index (κ3) is 3.74. The number of aromatic nitrogens is 1. The summed E-state index contributed by atoms with van der Waals surface area (Å²) in [6.45, 7) is 2.14. The second kappa shape index (κ2) is 7.21. The lowest BCUT2D eigenvalue weighted by Gasteiger charge is -2.35. The SMILES string of the molecule is O=C(N[C@@H]1CCN(Cc2cscn2)C[C@H]1O)c1cc2ccccc2s1. The quantitative estimate of drug-likeness (QED) is 0.738. The van der Waals surface area contributed by atoms with Gasteiger partial charge in [-0.1, -0.05) is 18.2 Å². The van der Waals surface area contributed by atoms with Gasteiger partial charge in [0.1, 0.15) is 0 Å². The molecule has 0 aliphatic carbocycles. The zero-order chi connectivity index (χ0) is 17.2. The molecule has 2 aromatic heterocycles. The van der Waals surface area contributed by atoms with Crippen molar-refractivity contribution in [2.24, 2.45) is 0 Å². The maximum absolute atomic E-state index is 12.5. The van der Waals surface area contributed by atoms with Crippen LogP contribution in [0.15, 0.2) is 41.2 Å². The first kappa shape index (κ1) is 16.7. The Balaban J connectivity index is 1.37. The van der Waals surface area contributed by atoms with E-state index >= 15 is 0 Å². The van der Waals surface area contributed by atoms with Crippen molar-refractivity contribution >= 4 is 38.7 Å². The van der Waals surface area contributed by atoms with E-state index in [4.69, 9.17) is 0 Å². The first-order valence-electron chi connectivity index (χ1n) is 8.26. The molecule has 130 valence electrons. The fourth-order valence-corrected chi connectivity index (χ4v) is 4.70. The van der Waals surface area contributed by atoms with E-state index in [-0.39, 0.29) is 11.9 Å². The van der Waals surface area contributed by atoms with Crippen LogP contribution in [0.4, 0.5) is 0 Å². The van der Waals surface area contributed by atoms with Crippen LogP contribution in [0.2, 0.25) is 0 Å². The molecule has 3 heterocycles. The Kier molecular flexibility index (Phi) is 4.80. The Morgan fingerprint density at radius 1 is 1.40 bits per heavy atom. The number of aliphatic hydroxyl groups is 1. The van der Waals surface area contributed by atoms with E-state index in [9.17, 15) is 9.90 Å². The molecule has 1 saturated heterocycles. The summed E-state index contributed by atoms with van der Waals surface area (Å²) in [6, 6.07) is 9.68. The minimum Gasteiger partial charge on any atom is -0.390 e. The zero-order valence-corrected chi connectivity index (χ0v) is 15.2. The third-order valence-corrected chi connectivity index (χ3v) is 6.25. The molecule has 25 heavy (non-hydrogen) atoms. The number of fused-ring (bicyclic) bond motifs is 1. The number of benzene rings is 1. The lowest BCUT2D eigenvalue weighted by molar-refractivity contribution is 0.0347. The molecule has 3 aromatic rings. The normalized spacial score (nSPS) is 21.5. The number of hydrogen-bond acceptors (Lipinski definition) is 6. The molecule has 0 bridgehead atoms. The van der Waals surface area contributed by atoms with Gasteiger partial charge in [0.25, 0.3) is 5.91 Å². The molecule has 7 heteroatoms. The Morgan fingerprint density at radius 3 is 3.04 bits per heavy atom. The maximum atomic E-state index is 12.5. The van der Waals surface area contributed by atoms with Gasteiger partial charge in [0, 0.05) is 29.7 Å². The van der Waals surface area contributed by atoms with E-state index in [2.05, 4.69) is 15.2 Å². The number of amides is 1. The van der Waals surface area contributed by atoms with E-state index < -0.39 is 6.10 Å². The average Bonchev–Trinajstić information content (AvgIpc) is 3.26. The van der Waals surface area contributed by atoms with Crippen molar-refractivity contribution in [1.82, 2.24) is 15.2 Å². The number of piperidine rings is 1. The molecule has 4 rings (SSSR count). The van der Waals surface area contributed by atoms with Gasteiger partial charge in [-0.15, -0.1) is 22.7 Å². The highest BCUT2D eigenvalue weighted by Gasteiger charge is 2.29. The monoisotopic (exact) mass is 373 g/mol. The summed E-state index contributed by atoms with van der Waals surface area (Å²) in [5, 5.41) is 16.5. The molecule has 5 nitrogen and oxygen atoms in total. The molecule has 0 spiro atoms. The molecule has 1 aliphatic rings. The predicted octanol–water partition coefficient (Wildman–Crippen LogP) is 2.72. The van der Waals surface area contributed by atoms with Crippen LogP contribution < -0.4 is 5.32 Å². The Morgan fingerprint density at radius 2 is 2.28 bits per heavy atom. The average molecular weight is 374 g/mol. The van der Waals surface area contributed by atoms with Crippen LogP contribution in [0.5, 0.6) is 0 Å². The number of carbonyl (C=O) groups is 1. The minimum absolute atomic E-state index is 0.0989. The number of thiazole rings is 1. The van der Waals surface area contributed by atoms with E-state index in [1.165, 1.54) is 11.3 Å². The molecule has 1 amide bonds. The summed E-state index contributed by atoms with van der Waals surface area (Å²) in [6.07, 6.45) is 0.174. The second-order valence-corrected chi connectivity index (χ2v) is 8.10. The highest BCUT2D eigenvalue weighted by molar-refractivity contribution is 7.20. The molecule has 2 N–H and O–H groups in total. The van der Waals surface area contributed by atoms with Crippen molar-refractivity contribution < 1.29 is 9.90 Å². The number of nitrogens with one attached hydrogen (secondary N) is 1. The van der Waals surface area contributed by atoms with Crippen LogP contribution in [0.3, 0.4) is 0 Å². The topological polar surface area (TPSA) is 65.5 Å². The van der Waals surface area contributed by atoms with Crippen molar-refractivity contribution in [3.8, 4) is 0 Å². The molecular weight excluding hydrogens is 354 g/mol. The predicted molar refractivity (Wildman–Crippen MR) is 101 cm³/mol. The van der Waals surface area contributed by atoms with Gasteiger partial charge in [0.05, 0.1) is 28.2 Å². The van der Waals surface area contributed by atoms with Crippen LogP contribution in [-0.2, 0) is 6.54 Å². The number of thiophene rings is 1. The van der Waals surface area contributed by atoms with E-state index in [1.54, 1.807) is 11.3 Å². The maximum Gasteiger partial charge on any atom is 0.261 e. The van der Waals surface area contributed by atoms with Crippen LogP contribution in [0.1, 0.15) is 21.8 Å². The Hall–Kier alpha value is -1.80.